The Bertz CT molecular complexity index is 657. The van der Waals surface area contributed by atoms with Gasteiger partial charge in [0.1, 0.15) is 24.7 Å². The highest BCUT2D eigenvalue weighted by molar-refractivity contribution is 5.76. The van der Waals surface area contributed by atoms with Gasteiger partial charge in [0, 0.05) is 26.1 Å². The third-order valence-electron chi connectivity index (χ3n) is 4.08. The molecule has 0 radical (unpaired) electrons. The van der Waals surface area contributed by atoms with E-state index in [-0.39, 0.29) is 31.5 Å². The van der Waals surface area contributed by atoms with E-state index in [0.29, 0.717) is 26.2 Å². The number of rotatable bonds is 7. The molecule has 1 amide bonds. The van der Waals surface area contributed by atoms with Gasteiger partial charge in [-0.3, -0.25) is 9.69 Å². The molecule has 1 saturated heterocycles. The van der Waals surface area contributed by atoms with Crippen molar-refractivity contribution in [1.82, 2.24) is 24.6 Å². The molecule has 9 nitrogen and oxygen atoms in total. The van der Waals surface area contributed by atoms with Crippen molar-refractivity contribution >= 4 is 5.91 Å². The van der Waals surface area contributed by atoms with Gasteiger partial charge in [0.2, 0.25) is 5.91 Å². The highest BCUT2D eigenvalue weighted by atomic mass is 16.5. The van der Waals surface area contributed by atoms with Crippen molar-refractivity contribution in [2.24, 2.45) is 0 Å². The Morgan fingerprint density at radius 3 is 2.68 bits per heavy atom. The van der Waals surface area contributed by atoms with Crippen molar-refractivity contribution in [2.75, 3.05) is 39.3 Å². The van der Waals surface area contributed by atoms with Crippen LogP contribution in [0.2, 0.25) is 0 Å². The zero-order chi connectivity index (χ0) is 18.2. The van der Waals surface area contributed by atoms with Crippen LogP contribution in [-0.2, 0) is 16.1 Å². The summed E-state index contributed by atoms with van der Waals surface area (Å²) in [6, 6.07) is 3.84. The second-order valence-electron chi connectivity index (χ2n) is 6.00. The highest BCUT2D eigenvalue weighted by Gasteiger charge is 2.23. The lowest BCUT2D eigenvalue weighted by Crippen LogP contribution is -2.45. The molecule has 2 rings (SSSR count). The normalized spacial score (nSPS) is 17.7. The molecule has 9 heteroatoms. The Kier molecular flexibility index (Phi) is 6.87. The van der Waals surface area contributed by atoms with E-state index in [0.717, 1.165) is 18.2 Å². The molecule has 0 bridgehead atoms. The predicted octanol–water partition coefficient (Wildman–Crippen LogP) is -0.138. The molecule has 1 aromatic rings. The quantitative estimate of drug-likeness (QED) is 0.632. The largest absolute Gasteiger partial charge is 0.374 e. The average Bonchev–Trinajstić information content (AvgIpc) is 2.90. The fourth-order valence-electron chi connectivity index (χ4n) is 2.84. The van der Waals surface area contributed by atoms with Crippen LogP contribution in [0.3, 0.4) is 0 Å². The van der Waals surface area contributed by atoms with Crippen molar-refractivity contribution in [1.29, 1.82) is 10.5 Å². The standard InChI is InChI=1S/C16H23N7O2/c1-13-19-14(2)23(20-13)12-15-11-21(9-10-25-15)6-3-16(24)22(7-4-17)8-5-18/h15H,3,6-12H2,1-2H3. The van der Waals surface area contributed by atoms with Crippen molar-refractivity contribution < 1.29 is 9.53 Å². The summed E-state index contributed by atoms with van der Waals surface area (Å²) in [6.07, 6.45) is 0.287. The minimum absolute atomic E-state index is 0.00188. The lowest BCUT2D eigenvalue weighted by molar-refractivity contribution is -0.130. The number of nitriles is 2. The van der Waals surface area contributed by atoms with Gasteiger partial charge in [0.15, 0.2) is 0 Å². The molecule has 0 saturated carbocycles. The van der Waals surface area contributed by atoms with E-state index in [9.17, 15) is 4.79 Å². The van der Waals surface area contributed by atoms with E-state index in [2.05, 4.69) is 15.0 Å². The zero-order valence-electron chi connectivity index (χ0n) is 14.7. The van der Waals surface area contributed by atoms with Crippen LogP contribution in [-0.4, -0.2) is 75.9 Å². The van der Waals surface area contributed by atoms with Gasteiger partial charge in [0.05, 0.1) is 31.4 Å². The Labute approximate surface area is 147 Å². The SMILES string of the molecule is Cc1nc(C)n(CC2CN(CCC(=O)N(CC#N)CC#N)CCO2)n1. The molecular formula is C16H23N7O2. The van der Waals surface area contributed by atoms with E-state index >= 15 is 0 Å². The van der Waals surface area contributed by atoms with Crippen LogP contribution in [0.15, 0.2) is 0 Å². The summed E-state index contributed by atoms with van der Waals surface area (Å²) < 4.78 is 7.64. The number of morpholine rings is 1. The molecule has 25 heavy (non-hydrogen) atoms. The van der Waals surface area contributed by atoms with Crippen LogP contribution in [0.4, 0.5) is 0 Å². The molecule has 0 aromatic carbocycles. The maximum Gasteiger partial charge on any atom is 0.225 e. The summed E-state index contributed by atoms with van der Waals surface area (Å²) in [7, 11) is 0. The third-order valence-corrected chi connectivity index (χ3v) is 4.08. The monoisotopic (exact) mass is 345 g/mol. The Hall–Kier alpha value is -2.49. The minimum atomic E-state index is -0.172. The Balaban J connectivity index is 1.83. The van der Waals surface area contributed by atoms with Gasteiger partial charge >= 0.3 is 0 Å². The molecule has 1 fully saturated rings. The number of hydrogen-bond acceptors (Lipinski definition) is 7. The van der Waals surface area contributed by atoms with E-state index in [1.807, 2.05) is 30.7 Å². The first kappa shape index (κ1) is 18.8. The Morgan fingerprint density at radius 1 is 1.36 bits per heavy atom. The zero-order valence-corrected chi connectivity index (χ0v) is 14.7. The van der Waals surface area contributed by atoms with Gasteiger partial charge in [0.25, 0.3) is 0 Å². The van der Waals surface area contributed by atoms with Crippen LogP contribution in [0.5, 0.6) is 0 Å². The van der Waals surface area contributed by atoms with Crippen molar-refractivity contribution in [2.45, 2.75) is 32.9 Å². The first-order valence-corrected chi connectivity index (χ1v) is 8.27. The van der Waals surface area contributed by atoms with Crippen LogP contribution >= 0.6 is 0 Å². The molecule has 1 aliphatic heterocycles. The molecule has 2 heterocycles. The summed E-state index contributed by atoms with van der Waals surface area (Å²) in [6.45, 7) is 6.96. The van der Waals surface area contributed by atoms with Gasteiger partial charge < -0.3 is 9.64 Å². The molecule has 134 valence electrons. The molecular weight excluding hydrogens is 322 g/mol. The van der Waals surface area contributed by atoms with Crippen LogP contribution in [0, 0.1) is 36.5 Å². The molecule has 0 aliphatic carbocycles. The summed E-state index contributed by atoms with van der Waals surface area (Å²) in [5.74, 6) is 1.43. The number of carbonyl (C=O) groups excluding carboxylic acids is 1. The fourth-order valence-corrected chi connectivity index (χ4v) is 2.84. The van der Waals surface area contributed by atoms with Gasteiger partial charge in [-0.15, -0.1) is 0 Å². The van der Waals surface area contributed by atoms with Crippen LogP contribution in [0.1, 0.15) is 18.1 Å². The molecule has 0 N–H and O–H groups in total. The summed E-state index contributed by atoms with van der Waals surface area (Å²) in [5, 5.41) is 21.8. The van der Waals surface area contributed by atoms with E-state index in [1.165, 1.54) is 4.90 Å². The van der Waals surface area contributed by atoms with Crippen molar-refractivity contribution in [3.8, 4) is 12.1 Å². The number of aromatic nitrogens is 3. The van der Waals surface area contributed by atoms with E-state index < -0.39 is 0 Å². The number of hydrogen-bond donors (Lipinski definition) is 0. The second kappa shape index (κ2) is 9.11. The molecule has 1 aliphatic rings. The average molecular weight is 345 g/mol. The van der Waals surface area contributed by atoms with E-state index in [4.69, 9.17) is 15.3 Å². The van der Waals surface area contributed by atoms with Crippen molar-refractivity contribution in [3.05, 3.63) is 11.6 Å². The second-order valence-corrected chi connectivity index (χ2v) is 6.00. The number of aryl methyl sites for hydroxylation is 2. The number of nitrogens with zero attached hydrogens (tertiary/aromatic N) is 7. The highest BCUT2D eigenvalue weighted by Crippen LogP contribution is 2.10. The summed E-state index contributed by atoms with van der Waals surface area (Å²) >= 11 is 0. The van der Waals surface area contributed by atoms with E-state index in [1.54, 1.807) is 0 Å². The summed E-state index contributed by atoms with van der Waals surface area (Å²) in [5.41, 5.74) is 0. The molecule has 0 spiro atoms. The third kappa shape index (κ3) is 5.52. The molecule has 1 aromatic heterocycles. The maximum atomic E-state index is 12.1. The fraction of sp³-hybridized carbons (Fsp3) is 0.688. The number of ether oxygens (including phenoxy) is 1. The molecule has 1 atom stereocenters. The predicted molar refractivity (Wildman–Crippen MR) is 88.1 cm³/mol. The van der Waals surface area contributed by atoms with Gasteiger partial charge in [-0.1, -0.05) is 0 Å². The summed E-state index contributed by atoms with van der Waals surface area (Å²) in [4.78, 5) is 19.9. The number of amides is 1. The topological polar surface area (TPSA) is 111 Å². The smallest absolute Gasteiger partial charge is 0.225 e. The van der Waals surface area contributed by atoms with Crippen LogP contribution in [0.25, 0.3) is 0 Å². The van der Waals surface area contributed by atoms with Gasteiger partial charge in [-0.25, -0.2) is 9.67 Å². The first-order valence-electron chi connectivity index (χ1n) is 8.27. The van der Waals surface area contributed by atoms with Gasteiger partial charge in [-0.2, -0.15) is 15.6 Å². The van der Waals surface area contributed by atoms with Crippen LogP contribution < -0.4 is 0 Å². The Morgan fingerprint density at radius 2 is 2.08 bits per heavy atom. The first-order chi connectivity index (χ1) is 12.0. The molecule has 1 unspecified atom stereocenters. The minimum Gasteiger partial charge on any atom is -0.374 e. The van der Waals surface area contributed by atoms with Gasteiger partial charge in [-0.05, 0) is 13.8 Å². The number of carbonyl (C=O) groups is 1. The lowest BCUT2D eigenvalue weighted by Gasteiger charge is -2.33. The van der Waals surface area contributed by atoms with Crippen molar-refractivity contribution in [3.63, 3.8) is 0 Å². The maximum absolute atomic E-state index is 12.1. The lowest BCUT2D eigenvalue weighted by atomic mass is 10.2.